The zero-order valence-electron chi connectivity index (χ0n) is 6.97. The van der Waals surface area contributed by atoms with E-state index in [0.29, 0.717) is 18.9 Å². The number of carbonyl (C=O) groups is 4. The molecular weight excluding hydrogens is 188 g/mol. The molecule has 0 bridgehead atoms. The summed E-state index contributed by atoms with van der Waals surface area (Å²) in [5.41, 5.74) is -0.273. The monoisotopic (exact) mass is 194 g/mol. The lowest BCUT2D eigenvalue weighted by Crippen LogP contribution is -2.32. The molecule has 0 spiro atoms. The van der Waals surface area contributed by atoms with E-state index in [1.165, 1.54) is 0 Å². The van der Waals surface area contributed by atoms with E-state index in [1.807, 2.05) is 0 Å². The van der Waals surface area contributed by atoms with Crippen molar-refractivity contribution in [3.8, 4) is 0 Å². The van der Waals surface area contributed by atoms with Gasteiger partial charge in [-0.15, -0.1) is 0 Å². The van der Waals surface area contributed by atoms with Gasteiger partial charge in [-0.1, -0.05) is 0 Å². The highest BCUT2D eigenvalue weighted by atomic mass is 16.2. The van der Waals surface area contributed by atoms with Crippen LogP contribution >= 0.6 is 0 Å². The van der Waals surface area contributed by atoms with Crippen molar-refractivity contribution < 1.29 is 19.2 Å². The average molecular weight is 194 g/mol. The van der Waals surface area contributed by atoms with E-state index in [0.717, 1.165) is 11.1 Å². The van der Waals surface area contributed by atoms with Crippen LogP contribution in [0.2, 0.25) is 0 Å². The lowest BCUT2D eigenvalue weighted by atomic mass is 10.2. The van der Waals surface area contributed by atoms with Gasteiger partial charge in [0.1, 0.15) is 17.1 Å². The molecule has 0 unspecified atom stereocenters. The van der Waals surface area contributed by atoms with Crippen molar-refractivity contribution >= 4 is 25.3 Å². The van der Waals surface area contributed by atoms with Crippen LogP contribution in [0, 0.1) is 0 Å². The zero-order valence-corrected chi connectivity index (χ0v) is 6.97. The number of rotatable bonds is 4. The van der Waals surface area contributed by atoms with Crippen LogP contribution in [0.4, 0.5) is 0 Å². The first-order valence-corrected chi connectivity index (χ1v) is 3.59. The van der Waals surface area contributed by atoms with Crippen LogP contribution < -0.4 is 5.32 Å². The number of hydrogen-bond donors (Lipinski definition) is 1. The molecule has 0 aromatic rings. The third-order valence-electron chi connectivity index (χ3n) is 1.64. The molecule has 0 aromatic carbocycles. The molecule has 1 amide bonds. The maximum Gasteiger partial charge on any atom is 0.219 e. The van der Waals surface area contributed by atoms with Gasteiger partial charge in [-0.3, -0.25) is 24.1 Å². The summed E-state index contributed by atoms with van der Waals surface area (Å²) in [5, 5.41) is 2.42. The van der Waals surface area contributed by atoms with Gasteiger partial charge in [0.15, 0.2) is 18.9 Å². The molecule has 1 N–H and O–H groups in total. The molecule has 0 aromatic heterocycles. The molecule has 0 atom stereocenters. The lowest BCUT2D eigenvalue weighted by Gasteiger charge is -2.22. The summed E-state index contributed by atoms with van der Waals surface area (Å²) in [6.45, 7) is 0. The van der Waals surface area contributed by atoms with Gasteiger partial charge < -0.3 is 5.32 Å². The van der Waals surface area contributed by atoms with Crippen molar-refractivity contribution in [1.82, 2.24) is 10.2 Å². The molecule has 14 heavy (non-hydrogen) atoms. The molecule has 72 valence electrons. The van der Waals surface area contributed by atoms with Crippen LogP contribution in [0.1, 0.15) is 0 Å². The fraction of sp³-hybridized carbons (Fsp3) is 0. The molecule has 6 heteroatoms. The Bertz CT molecular complexity index is 356. The zero-order chi connectivity index (χ0) is 10.6. The molecule has 0 aliphatic carbocycles. The molecular formula is C8H6N2O4. The van der Waals surface area contributed by atoms with E-state index in [9.17, 15) is 19.2 Å². The number of hydrogen-bond acceptors (Lipinski definition) is 5. The fourth-order valence-corrected chi connectivity index (χ4v) is 0.987. The number of nitrogens with one attached hydrogen (secondary N) is 1. The van der Waals surface area contributed by atoms with Gasteiger partial charge in [0, 0.05) is 6.20 Å². The number of nitrogens with zero attached hydrogens (tertiary/aromatic N) is 1. The largest absolute Gasteiger partial charge is 0.355 e. The number of amides is 1. The third-order valence-corrected chi connectivity index (χ3v) is 1.64. The minimum absolute atomic E-state index is 0.0345. The number of allylic oxidation sites excluding steroid dienone is 3. The molecule has 1 aliphatic heterocycles. The predicted octanol–water partition coefficient (Wildman–Crippen LogP) is -1.30. The Hall–Kier alpha value is -2.24. The third kappa shape index (κ3) is 1.45. The highest BCUT2D eigenvalue weighted by molar-refractivity contribution is 5.93. The number of carbonyl (C=O) groups excluding carboxylic acids is 4. The Labute approximate surface area is 78.9 Å². The first kappa shape index (κ1) is 9.85. The molecule has 6 nitrogen and oxygen atoms in total. The van der Waals surface area contributed by atoms with Gasteiger partial charge >= 0.3 is 0 Å². The van der Waals surface area contributed by atoms with Crippen molar-refractivity contribution in [2.75, 3.05) is 0 Å². The summed E-state index contributed by atoms with van der Waals surface area (Å²) in [4.78, 5) is 42.8. The summed E-state index contributed by atoms with van der Waals surface area (Å²) in [5.74, 6) is 0. The molecule has 1 heterocycles. The first-order valence-electron chi connectivity index (χ1n) is 3.59. The minimum atomic E-state index is -0.181. The van der Waals surface area contributed by atoms with Crippen LogP contribution in [0.3, 0.4) is 0 Å². The van der Waals surface area contributed by atoms with Gasteiger partial charge in [-0.05, 0) is 0 Å². The Balaban J connectivity index is 3.18. The van der Waals surface area contributed by atoms with Gasteiger partial charge in [-0.2, -0.15) is 0 Å². The van der Waals surface area contributed by atoms with Crippen molar-refractivity contribution in [3.63, 3.8) is 0 Å². The Morgan fingerprint density at radius 1 is 1.07 bits per heavy atom. The molecule has 0 saturated carbocycles. The van der Waals surface area contributed by atoms with E-state index in [2.05, 4.69) is 5.32 Å². The van der Waals surface area contributed by atoms with Crippen LogP contribution in [-0.2, 0) is 19.2 Å². The summed E-state index contributed by atoms with van der Waals surface area (Å²) in [6.07, 6.45) is 2.55. The molecule has 1 rings (SSSR count). The maximum absolute atomic E-state index is 10.6. The number of aldehydes is 3. The topological polar surface area (TPSA) is 83.6 Å². The molecule has 0 radical (unpaired) electrons. The Morgan fingerprint density at radius 2 is 1.79 bits per heavy atom. The van der Waals surface area contributed by atoms with Crippen LogP contribution in [0.15, 0.2) is 23.3 Å². The SMILES string of the molecule is O=CC1=CNC(C=O)=C(C=O)N1C=O. The second-order valence-electron chi connectivity index (χ2n) is 2.34. The smallest absolute Gasteiger partial charge is 0.219 e. The quantitative estimate of drug-likeness (QED) is 0.562. The van der Waals surface area contributed by atoms with Crippen LogP contribution in [0.25, 0.3) is 0 Å². The molecule has 1 aliphatic rings. The summed E-state index contributed by atoms with van der Waals surface area (Å²) in [6, 6.07) is 0. The fourth-order valence-electron chi connectivity index (χ4n) is 0.987. The standard InChI is InChI=1S/C8H6N2O4/c11-2-6-1-9-7(3-12)8(4-13)10(6)5-14/h1-5,9H. The summed E-state index contributed by atoms with van der Waals surface area (Å²) in [7, 11) is 0. The highest BCUT2D eigenvalue weighted by Gasteiger charge is 2.21. The van der Waals surface area contributed by atoms with Crippen molar-refractivity contribution in [1.29, 1.82) is 0 Å². The second-order valence-corrected chi connectivity index (χ2v) is 2.34. The van der Waals surface area contributed by atoms with Crippen molar-refractivity contribution in [3.05, 3.63) is 23.3 Å². The normalized spacial score (nSPS) is 15.4. The van der Waals surface area contributed by atoms with Gasteiger partial charge in [0.25, 0.3) is 0 Å². The Morgan fingerprint density at radius 3 is 2.21 bits per heavy atom. The lowest BCUT2D eigenvalue weighted by molar-refractivity contribution is -0.119. The van der Waals surface area contributed by atoms with Crippen LogP contribution in [-0.4, -0.2) is 30.2 Å². The first-order chi connectivity index (χ1) is 6.78. The van der Waals surface area contributed by atoms with Gasteiger partial charge in [0.05, 0.1) is 0 Å². The highest BCUT2D eigenvalue weighted by Crippen LogP contribution is 2.13. The van der Waals surface area contributed by atoms with Crippen molar-refractivity contribution in [2.45, 2.75) is 0 Å². The maximum atomic E-state index is 10.6. The molecule has 0 fully saturated rings. The Kier molecular flexibility index (Phi) is 2.90. The van der Waals surface area contributed by atoms with Gasteiger partial charge in [-0.25, -0.2) is 0 Å². The van der Waals surface area contributed by atoms with E-state index >= 15 is 0 Å². The summed E-state index contributed by atoms with van der Waals surface area (Å²) < 4.78 is 0. The summed E-state index contributed by atoms with van der Waals surface area (Å²) >= 11 is 0. The predicted molar refractivity (Wildman–Crippen MR) is 44.3 cm³/mol. The second kappa shape index (κ2) is 4.13. The average Bonchev–Trinajstić information content (AvgIpc) is 2.26. The van der Waals surface area contributed by atoms with E-state index in [4.69, 9.17) is 0 Å². The van der Waals surface area contributed by atoms with E-state index in [1.54, 1.807) is 0 Å². The van der Waals surface area contributed by atoms with Gasteiger partial charge in [0.2, 0.25) is 6.41 Å². The molecule has 0 saturated heterocycles. The van der Waals surface area contributed by atoms with Crippen molar-refractivity contribution in [2.24, 2.45) is 0 Å². The van der Waals surface area contributed by atoms with Crippen LogP contribution in [0.5, 0.6) is 0 Å². The van der Waals surface area contributed by atoms with E-state index < -0.39 is 0 Å². The van der Waals surface area contributed by atoms with E-state index in [-0.39, 0.29) is 23.5 Å². The minimum Gasteiger partial charge on any atom is -0.355 e.